The van der Waals surface area contributed by atoms with Crippen molar-refractivity contribution in [3.63, 3.8) is 0 Å². The third-order valence-electron chi connectivity index (χ3n) is 4.11. The van der Waals surface area contributed by atoms with Crippen LogP contribution in [0.15, 0.2) is 36.4 Å². The van der Waals surface area contributed by atoms with Crippen LogP contribution < -0.4 is 0 Å². The molecule has 0 bridgehead atoms. The number of fused-ring (bicyclic) bond motifs is 1. The van der Waals surface area contributed by atoms with Crippen LogP contribution in [-0.4, -0.2) is 10.2 Å². The maximum absolute atomic E-state index is 10.9. The smallest absolute Gasteiger partial charge is 0.121 e. The zero-order chi connectivity index (χ0) is 13.6. The van der Waals surface area contributed by atoms with Gasteiger partial charge in [-0.05, 0) is 53.8 Å². The summed E-state index contributed by atoms with van der Waals surface area (Å²) in [5, 5.41) is 20.8. The molecular formula is C17H18O2. The van der Waals surface area contributed by atoms with E-state index in [1.54, 1.807) is 0 Å². The zero-order valence-corrected chi connectivity index (χ0v) is 11.3. The van der Waals surface area contributed by atoms with Crippen LogP contribution in [0, 0.1) is 13.8 Å². The predicted octanol–water partition coefficient (Wildman–Crippen LogP) is 3.00. The van der Waals surface area contributed by atoms with Gasteiger partial charge in [0, 0.05) is 12.8 Å². The van der Waals surface area contributed by atoms with Gasteiger partial charge in [-0.25, -0.2) is 0 Å². The van der Waals surface area contributed by atoms with Gasteiger partial charge in [0.1, 0.15) is 5.75 Å². The Balaban J connectivity index is 2.05. The lowest BCUT2D eigenvalue weighted by Crippen LogP contribution is -2.26. The van der Waals surface area contributed by atoms with Gasteiger partial charge in [-0.15, -0.1) is 0 Å². The summed E-state index contributed by atoms with van der Waals surface area (Å²) in [7, 11) is 0. The normalized spacial score (nSPS) is 16.4. The van der Waals surface area contributed by atoms with Gasteiger partial charge in [-0.2, -0.15) is 0 Å². The molecular weight excluding hydrogens is 236 g/mol. The van der Waals surface area contributed by atoms with Crippen molar-refractivity contribution < 1.29 is 10.2 Å². The molecule has 0 aromatic heterocycles. The van der Waals surface area contributed by atoms with Gasteiger partial charge < -0.3 is 10.2 Å². The minimum atomic E-state index is -0.840. The maximum Gasteiger partial charge on any atom is 0.121 e. The molecule has 0 spiro atoms. The molecule has 98 valence electrons. The van der Waals surface area contributed by atoms with Crippen molar-refractivity contribution >= 4 is 0 Å². The number of hydrogen-bond acceptors (Lipinski definition) is 2. The first-order valence-electron chi connectivity index (χ1n) is 6.59. The van der Waals surface area contributed by atoms with Gasteiger partial charge in [-0.1, -0.05) is 24.3 Å². The van der Waals surface area contributed by atoms with Gasteiger partial charge in [-0.3, -0.25) is 0 Å². The molecule has 2 N–H and O–H groups in total. The third-order valence-corrected chi connectivity index (χ3v) is 4.11. The molecule has 1 aliphatic rings. The second kappa shape index (κ2) is 4.10. The molecule has 1 aliphatic carbocycles. The van der Waals surface area contributed by atoms with Crippen molar-refractivity contribution in [2.24, 2.45) is 0 Å². The highest BCUT2D eigenvalue weighted by atomic mass is 16.3. The molecule has 0 atom stereocenters. The van der Waals surface area contributed by atoms with Crippen molar-refractivity contribution in [1.29, 1.82) is 0 Å². The van der Waals surface area contributed by atoms with Crippen LogP contribution in [0.1, 0.15) is 27.8 Å². The Morgan fingerprint density at radius 2 is 1.42 bits per heavy atom. The van der Waals surface area contributed by atoms with E-state index in [1.165, 1.54) is 11.1 Å². The molecule has 3 rings (SSSR count). The van der Waals surface area contributed by atoms with Crippen LogP contribution in [0.4, 0.5) is 0 Å². The molecule has 2 aromatic carbocycles. The molecule has 0 heterocycles. The predicted molar refractivity (Wildman–Crippen MR) is 75.3 cm³/mol. The van der Waals surface area contributed by atoms with Crippen molar-refractivity contribution in [2.45, 2.75) is 32.3 Å². The van der Waals surface area contributed by atoms with Crippen LogP contribution >= 0.6 is 0 Å². The first-order valence-corrected chi connectivity index (χ1v) is 6.59. The van der Waals surface area contributed by atoms with Gasteiger partial charge in [0.05, 0.1) is 5.60 Å². The highest BCUT2D eigenvalue weighted by Crippen LogP contribution is 2.39. The summed E-state index contributed by atoms with van der Waals surface area (Å²) in [6, 6.07) is 12.0. The minimum Gasteiger partial charge on any atom is -0.507 e. The van der Waals surface area contributed by atoms with Crippen molar-refractivity contribution in [3.8, 4) is 5.75 Å². The van der Waals surface area contributed by atoms with Crippen LogP contribution in [0.25, 0.3) is 0 Å². The van der Waals surface area contributed by atoms with E-state index >= 15 is 0 Å². The molecule has 0 radical (unpaired) electrons. The Hall–Kier alpha value is -1.80. The second-order valence-corrected chi connectivity index (χ2v) is 5.61. The lowest BCUT2D eigenvalue weighted by Gasteiger charge is -2.24. The molecule has 0 aliphatic heterocycles. The molecule has 19 heavy (non-hydrogen) atoms. The van der Waals surface area contributed by atoms with E-state index in [4.69, 9.17) is 0 Å². The van der Waals surface area contributed by atoms with E-state index in [0.717, 1.165) is 16.7 Å². The molecule has 2 heteroatoms. The van der Waals surface area contributed by atoms with Crippen LogP contribution in [0.5, 0.6) is 5.75 Å². The van der Waals surface area contributed by atoms with E-state index in [9.17, 15) is 10.2 Å². The summed E-state index contributed by atoms with van der Waals surface area (Å²) < 4.78 is 0. The number of benzene rings is 2. The number of rotatable bonds is 1. The van der Waals surface area contributed by atoms with Gasteiger partial charge in [0.15, 0.2) is 0 Å². The Kier molecular flexibility index (Phi) is 2.64. The third kappa shape index (κ3) is 1.92. The number of aliphatic hydroxyl groups is 1. The molecule has 0 saturated carbocycles. The number of aromatic hydroxyl groups is 1. The summed E-state index contributed by atoms with van der Waals surface area (Å²) >= 11 is 0. The summed E-state index contributed by atoms with van der Waals surface area (Å²) in [5.74, 6) is 0.322. The average molecular weight is 254 g/mol. The maximum atomic E-state index is 10.9. The van der Waals surface area contributed by atoms with Gasteiger partial charge >= 0.3 is 0 Å². The first-order chi connectivity index (χ1) is 8.99. The average Bonchev–Trinajstić information content (AvgIpc) is 2.72. The topological polar surface area (TPSA) is 40.5 Å². The van der Waals surface area contributed by atoms with Gasteiger partial charge in [0.25, 0.3) is 0 Å². The van der Waals surface area contributed by atoms with Crippen LogP contribution in [-0.2, 0) is 18.4 Å². The van der Waals surface area contributed by atoms with Crippen molar-refractivity contribution in [2.75, 3.05) is 0 Å². The number of aryl methyl sites for hydroxylation is 2. The molecule has 2 aromatic rings. The molecule has 0 fully saturated rings. The SMILES string of the molecule is Cc1cc(C2(O)Cc3ccccc3C2)cc(C)c1O. The second-order valence-electron chi connectivity index (χ2n) is 5.61. The summed E-state index contributed by atoms with van der Waals surface area (Å²) in [4.78, 5) is 0. The Labute approximate surface area is 113 Å². The monoisotopic (exact) mass is 254 g/mol. The largest absolute Gasteiger partial charge is 0.507 e. The highest BCUT2D eigenvalue weighted by molar-refractivity contribution is 5.47. The lowest BCUT2D eigenvalue weighted by atomic mass is 9.88. The van der Waals surface area contributed by atoms with E-state index in [0.29, 0.717) is 18.6 Å². The fraction of sp³-hybridized carbons (Fsp3) is 0.294. The van der Waals surface area contributed by atoms with Crippen molar-refractivity contribution in [3.05, 3.63) is 64.2 Å². The summed E-state index contributed by atoms with van der Waals surface area (Å²) in [6.45, 7) is 3.74. The number of phenols is 1. The fourth-order valence-electron chi connectivity index (χ4n) is 3.02. The highest BCUT2D eigenvalue weighted by Gasteiger charge is 2.36. The molecule has 0 amide bonds. The van der Waals surface area contributed by atoms with E-state index in [1.807, 2.05) is 38.1 Å². The summed E-state index contributed by atoms with van der Waals surface area (Å²) in [6.07, 6.45) is 1.29. The number of phenolic OH excluding ortho intramolecular Hbond substituents is 1. The van der Waals surface area contributed by atoms with Crippen molar-refractivity contribution in [1.82, 2.24) is 0 Å². The quantitative estimate of drug-likeness (QED) is 0.821. The minimum absolute atomic E-state index is 0.322. The fourth-order valence-corrected chi connectivity index (χ4v) is 3.02. The van der Waals surface area contributed by atoms with E-state index in [2.05, 4.69) is 12.1 Å². The van der Waals surface area contributed by atoms with Crippen LogP contribution in [0.3, 0.4) is 0 Å². The summed E-state index contributed by atoms with van der Waals surface area (Å²) in [5.41, 5.74) is 4.13. The Morgan fingerprint density at radius 1 is 0.947 bits per heavy atom. The molecule has 0 saturated heterocycles. The van der Waals surface area contributed by atoms with E-state index in [-0.39, 0.29) is 0 Å². The Bertz CT molecular complexity index is 595. The lowest BCUT2D eigenvalue weighted by molar-refractivity contribution is 0.0480. The van der Waals surface area contributed by atoms with Crippen LogP contribution in [0.2, 0.25) is 0 Å². The standard InChI is InChI=1S/C17H18O2/c1-11-7-15(8-12(2)16(11)18)17(19)9-13-5-3-4-6-14(13)10-17/h3-8,18-19H,9-10H2,1-2H3. The number of hydrogen-bond donors (Lipinski definition) is 2. The van der Waals surface area contributed by atoms with E-state index < -0.39 is 5.60 Å². The molecule has 0 unspecified atom stereocenters. The molecule has 2 nitrogen and oxygen atoms in total. The van der Waals surface area contributed by atoms with Gasteiger partial charge in [0.2, 0.25) is 0 Å². The first kappa shape index (κ1) is 12.2. The Morgan fingerprint density at radius 3 is 1.89 bits per heavy atom. The zero-order valence-electron chi connectivity index (χ0n) is 11.3.